The predicted molar refractivity (Wildman–Crippen MR) is 146 cm³/mol. The molecule has 0 bridgehead atoms. The summed E-state index contributed by atoms with van der Waals surface area (Å²) >= 11 is 6.28. The van der Waals surface area contributed by atoms with Crippen LogP contribution < -0.4 is 25.4 Å². The van der Waals surface area contributed by atoms with Gasteiger partial charge in [-0.2, -0.15) is 18.2 Å². The molecule has 1 fully saturated rings. The van der Waals surface area contributed by atoms with Crippen molar-refractivity contribution in [2.75, 3.05) is 42.2 Å². The first-order chi connectivity index (χ1) is 19.5. The van der Waals surface area contributed by atoms with Crippen LogP contribution in [0.3, 0.4) is 0 Å². The topological polar surface area (TPSA) is 118 Å². The summed E-state index contributed by atoms with van der Waals surface area (Å²) in [5.74, 6) is -0.582. The zero-order valence-electron chi connectivity index (χ0n) is 22.0. The Morgan fingerprint density at radius 2 is 1.85 bits per heavy atom. The molecule has 3 N–H and O–H groups in total. The number of carbonyl (C=O) groups excluding carboxylic acids is 2. The zero-order valence-corrected chi connectivity index (χ0v) is 22.8. The Morgan fingerprint density at radius 3 is 2.56 bits per heavy atom. The fourth-order valence-electron chi connectivity index (χ4n) is 4.32. The van der Waals surface area contributed by atoms with E-state index in [1.807, 2.05) is 13.8 Å². The van der Waals surface area contributed by atoms with E-state index in [9.17, 15) is 22.8 Å². The minimum absolute atomic E-state index is 0.0533. The number of ether oxygens (including phenoxy) is 2. The van der Waals surface area contributed by atoms with Gasteiger partial charge in [0.2, 0.25) is 11.7 Å². The number of anilines is 3. The fraction of sp³-hybridized carbons (Fsp3) is 0.333. The lowest BCUT2D eigenvalue weighted by atomic mass is 9.97. The van der Waals surface area contributed by atoms with E-state index in [0.29, 0.717) is 32.1 Å². The van der Waals surface area contributed by atoms with Crippen molar-refractivity contribution in [3.05, 3.63) is 58.9 Å². The third kappa shape index (κ3) is 6.46. The highest BCUT2D eigenvalue weighted by molar-refractivity contribution is 6.32. The molecule has 0 atom stereocenters. The highest BCUT2D eigenvalue weighted by Gasteiger charge is 2.35. The molecule has 0 aliphatic carbocycles. The van der Waals surface area contributed by atoms with Crippen molar-refractivity contribution in [2.24, 2.45) is 5.92 Å². The Kier molecular flexibility index (Phi) is 7.91. The van der Waals surface area contributed by atoms with E-state index in [4.69, 9.17) is 21.1 Å². The maximum atomic E-state index is 13.7. The summed E-state index contributed by atoms with van der Waals surface area (Å²) in [4.78, 5) is 35.9. The largest absolute Gasteiger partial charge is 0.483 e. The molecule has 0 spiro atoms. The number of rotatable bonds is 7. The van der Waals surface area contributed by atoms with Crippen LogP contribution in [0, 0.1) is 5.92 Å². The normalized spacial score (nSPS) is 15.3. The Labute approximate surface area is 238 Å². The summed E-state index contributed by atoms with van der Waals surface area (Å²) in [6.45, 7) is 5.96. The van der Waals surface area contributed by atoms with Gasteiger partial charge in [-0.1, -0.05) is 11.6 Å². The predicted octanol–water partition coefficient (Wildman–Crippen LogP) is 5.28. The Bertz CT molecular complexity index is 1480. The molecule has 2 aliphatic heterocycles. The molecule has 5 rings (SSSR count). The number of alkyl halides is 3. The minimum Gasteiger partial charge on any atom is -0.483 e. The molecule has 3 heterocycles. The second kappa shape index (κ2) is 11.4. The summed E-state index contributed by atoms with van der Waals surface area (Å²) in [6.07, 6.45) is -3.43. The molecule has 2 aliphatic rings. The zero-order chi connectivity index (χ0) is 29.3. The second-order valence-electron chi connectivity index (χ2n) is 9.86. The number of nitrogens with one attached hydrogen (secondary N) is 3. The van der Waals surface area contributed by atoms with Crippen molar-refractivity contribution in [3.8, 4) is 17.4 Å². The number of likely N-dealkylation sites (tertiary alicyclic amines) is 1. The van der Waals surface area contributed by atoms with Crippen LogP contribution in [-0.2, 0) is 11.0 Å². The first-order valence-electron chi connectivity index (χ1n) is 12.8. The summed E-state index contributed by atoms with van der Waals surface area (Å²) in [6, 6.07) is 7.30. The van der Waals surface area contributed by atoms with Crippen molar-refractivity contribution in [3.63, 3.8) is 0 Å². The average Bonchev–Trinajstić information content (AvgIpc) is 2.88. The van der Waals surface area contributed by atoms with E-state index < -0.39 is 17.6 Å². The number of nitrogens with zero attached hydrogens (tertiary/aromatic N) is 3. The van der Waals surface area contributed by atoms with Crippen LogP contribution in [0.4, 0.5) is 30.4 Å². The number of benzene rings is 2. The number of hydrogen-bond donors (Lipinski definition) is 3. The van der Waals surface area contributed by atoms with E-state index >= 15 is 0 Å². The molecule has 0 saturated carbocycles. The van der Waals surface area contributed by atoms with Crippen molar-refractivity contribution >= 4 is 40.6 Å². The van der Waals surface area contributed by atoms with Crippen LogP contribution in [0.15, 0.2) is 42.7 Å². The van der Waals surface area contributed by atoms with Gasteiger partial charge in [-0.3, -0.25) is 14.5 Å². The maximum Gasteiger partial charge on any atom is 0.416 e. The van der Waals surface area contributed by atoms with E-state index in [-0.39, 0.29) is 57.2 Å². The molecule has 10 nitrogen and oxygen atoms in total. The molecule has 216 valence electrons. The molecule has 2 amide bonds. The molecule has 3 aromatic rings. The van der Waals surface area contributed by atoms with Gasteiger partial charge in [0, 0.05) is 36.1 Å². The smallest absolute Gasteiger partial charge is 0.416 e. The Morgan fingerprint density at radius 1 is 1.12 bits per heavy atom. The van der Waals surface area contributed by atoms with Crippen molar-refractivity contribution < 1.29 is 32.2 Å². The van der Waals surface area contributed by atoms with Crippen LogP contribution >= 0.6 is 11.6 Å². The lowest BCUT2D eigenvalue weighted by Crippen LogP contribution is -2.54. The van der Waals surface area contributed by atoms with Gasteiger partial charge in [-0.15, -0.1) is 0 Å². The van der Waals surface area contributed by atoms with Gasteiger partial charge in [0.1, 0.15) is 18.7 Å². The molecular weight excluding hydrogens is 565 g/mol. The molecule has 41 heavy (non-hydrogen) atoms. The molecule has 2 aromatic carbocycles. The lowest BCUT2D eigenvalue weighted by molar-refractivity contribution is -0.137. The standard InChI is InChI=1S/C27H26ClF3N6O4/c1-14(2)37-11-16(12-37)25(39)36-19-9-17(27(29,30)31)8-18(10-19)35-24(38)15-3-4-20(28)21(7-15)41-26-22-23(33-13-34-26)32-5-6-40-22/h3-4,7-10,13-14,16H,5-6,11-12H2,1-2H3,(H,35,38)(H,36,39)(H,32,33,34). The van der Waals surface area contributed by atoms with Crippen LogP contribution in [0.5, 0.6) is 17.4 Å². The third-order valence-electron chi connectivity index (χ3n) is 6.61. The monoisotopic (exact) mass is 590 g/mol. The average molecular weight is 591 g/mol. The van der Waals surface area contributed by atoms with Crippen molar-refractivity contribution in [1.29, 1.82) is 0 Å². The van der Waals surface area contributed by atoms with Crippen molar-refractivity contribution in [2.45, 2.75) is 26.1 Å². The SMILES string of the molecule is CC(C)N1CC(C(=O)Nc2cc(NC(=O)c3ccc(Cl)c(Oc4ncnc5c4OCCN5)c3)cc(C(F)(F)F)c2)C1. The number of halogens is 4. The van der Waals surface area contributed by atoms with Crippen LogP contribution in [0.1, 0.15) is 29.8 Å². The number of carbonyl (C=O) groups is 2. The second-order valence-corrected chi connectivity index (χ2v) is 10.3. The molecule has 1 saturated heterocycles. The number of hydrogen-bond acceptors (Lipinski definition) is 8. The number of fused-ring (bicyclic) bond motifs is 1. The molecular formula is C27H26ClF3N6O4. The molecule has 14 heteroatoms. The quantitative estimate of drug-likeness (QED) is 0.340. The number of aromatic nitrogens is 2. The van der Waals surface area contributed by atoms with Gasteiger partial charge in [-0.05, 0) is 50.2 Å². The Balaban J connectivity index is 1.34. The van der Waals surface area contributed by atoms with Gasteiger partial charge in [-0.25, -0.2) is 4.98 Å². The van der Waals surface area contributed by atoms with Crippen LogP contribution in [0.2, 0.25) is 5.02 Å². The molecule has 0 radical (unpaired) electrons. The van der Waals surface area contributed by atoms with E-state index in [0.717, 1.165) is 12.1 Å². The highest BCUT2D eigenvalue weighted by Crippen LogP contribution is 2.39. The fourth-order valence-corrected chi connectivity index (χ4v) is 4.48. The van der Waals surface area contributed by atoms with Gasteiger partial charge in [0.25, 0.3) is 11.8 Å². The highest BCUT2D eigenvalue weighted by atomic mass is 35.5. The first-order valence-corrected chi connectivity index (χ1v) is 13.1. The summed E-state index contributed by atoms with van der Waals surface area (Å²) in [7, 11) is 0. The first kappa shape index (κ1) is 28.4. The van der Waals surface area contributed by atoms with Gasteiger partial charge in [0.05, 0.1) is 23.0 Å². The van der Waals surface area contributed by atoms with Gasteiger partial charge >= 0.3 is 6.18 Å². The summed E-state index contributed by atoms with van der Waals surface area (Å²) < 4.78 is 52.4. The lowest BCUT2D eigenvalue weighted by Gasteiger charge is -2.41. The van der Waals surface area contributed by atoms with Crippen LogP contribution in [-0.4, -0.2) is 59.0 Å². The van der Waals surface area contributed by atoms with E-state index in [1.54, 1.807) is 0 Å². The van der Waals surface area contributed by atoms with E-state index in [1.165, 1.54) is 30.6 Å². The summed E-state index contributed by atoms with van der Waals surface area (Å²) in [5, 5.41) is 8.23. The third-order valence-corrected chi connectivity index (χ3v) is 6.92. The number of amides is 2. The Hall–Kier alpha value is -4.10. The van der Waals surface area contributed by atoms with Gasteiger partial charge < -0.3 is 25.4 Å². The molecule has 1 aromatic heterocycles. The minimum atomic E-state index is -4.71. The summed E-state index contributed by atoms with van der Waals surface area (Å²) in [5.41, 5.74) is -1.20. The molecule has 0 unspecified atom stereocenters. The maximum absolute atomic E-state index is 13.7. The van der Waals surface area contributed by atoms with Crippen LogP contribution in [0.25, 0.3) is 0 Å². The van der Waals surface area contributed by atoms with Gasteiger partial charge in [0.15, 0.2) is 5.82 Å². The van der Waals surface area contributed by atoms with E-state index in [2.05, 4.69) is 30.8 Å². The van der Waals surface area contributed by atoms with Crippen molar-refractivity contribution in [1.82, 2.24) is 14.9 Å².